The van der Waals surface area contributed by atoms with E-state index in [1.54, 1.807) is 0 Å². The summed E-state index contributed by atoms with van der Waals surface area (Å²) in [5.74, 6) is 0. The first-order valence-electron chi connectivity index (χ1n) is 13.4. The Morgan fingerprint density at radius 3 is 1.83 bits per heavy atom. The van der Waals surface area contributed by atoms with Gasteiger partial charge in [-0.15, -0.1) is 0 Å². The van der Waals surface area contributed by atoms with Gasteiger partial charge in [-0.25, -0.2) is 4.99 Å². The van der Waals surface area contributed by atoms with E-state index in [2.05, 4.69) is 31.0 Å². The normalized spacial score (nSPS) is 22.3. The molecule has 0 aromatic carbocycles. The zero-order valence-corrected chi connectivity index (χ0v) is 20.7. The van der Waals surface area contributed by atoms with Gasteiger partial charge in [-0.2, -0.15) is 0 Å². The van der Waals surface area contributed by atoms with E-state index in [9.17, 15) is 5.11 Å². The second kappa shape index (κ2) is 18.0. The van der Waals surface area contributed by atoms with Gasteiger partial charge in [-0.3, -0.25) is 4.48 Å². The van der Waals surface area contributed by atoms with Crippen molar-refractivity contribution in [1.82, 2.24) is 0 Å². The van der Waals surface area contributed by atoms with E-state index in [-0.39, 0.29) is 12.4 Å². The van der Waals surface area contributed by atoms with Crippen LogP contribution in [0.3, 0.4) is 0 Å². The first-order chi connectivity index (χ1) is 14.7. The second-order valence-corrected chi connectivity index (χ2v) is 9.48. The lowest BCUT2D eigenvalue weighted by Crippen LogP contribution is -2.57. The number of aliphatic hydroxyl groups is 1. The lowest BCUT2D eigenvalue weighted by molar-refractivity contribution is -0.976. The van der Waals surface area contributed by atoms with Crippen molar-refractivity contribution in [2.75, 3.05) is 13.1 Å². The fraction of sp³-hybridized carbons (Fsp3) is 0.889. The molecule has 0 radical (unpaired) electrons. The molecule has 0 spiro atoms. The average molecular weight is 422 g/mol. The van der Waals surface area contributed by atoms with Crippen molar-refractivity contribution in [2.24, 2.45) is 4.99 Å². The molecule has 1 heterocycles. The number of allylic oxidation sites excluding steroid dienone is 2. The molecule has 3 heteroatoms. The van der Waals surface area contributed by atoms with E-state index in [4.69, 9.17) is 0 Å². The standard InChI is InChI=1S/C27H53N2O/c1-4-6-7-8-9-10-11-12-13-14-15-16-17-18-19-20-21-22-23-27-28-24-25-29(27,5-2)26(3)30/h11-12,24,26-27,30H,4-10,13-23,25H2,1-3H3/q+1/b12-11+. The van der Waals surface area contributed by atoms with Crippen LogP contribution in [0.5, 0.6) is 0 Å². The van der Waals surface area contributed by atoms with E-state index >= 15 is 0 Å². The highest BCUT2D eigenvalue weighted by atomic mass is 16.3. The maximum absolute atomic E-state index is 10.2. The van der Waals surface area contributed by atoms with Crippen molar-refractivity contribution in [2.45, 2.75) is 142 Å². The lowest BCUT2D eigenvalue weighted by Gasteiger charge is -2.40. The van der Waals surface area contributed by atoms with E-state index < -0.39 is 0 Å². The van der Waals surface area contributed by atoms with Crippen LogP contribution in [0.15, 0.2) is 17.1 Å². The van der Waals surface area contributed by atoms with Crippen molar-refractivity contribution in [3.05, 3.63) is 12.2 Å². The molecule has 176 valence electrons. The minimum atomic E-state index is -0.312. The van der Waals surface area contributed by atoms with Gasteiger partial charge in [-0.1, -0.05) is 89.7 Å². The van der Waals surface area contributed by atoms with Gasteiger partial charge in [0.25, 0.3) is 0 Å². The van der Waals surface area contributed by atoms with Crippen LogP contribution in [0.4, 0.5) is 0 Å². The monoisotopic (exact) mass is 421 g/mol. The van der Waals surface area contributed by atoms with Gasteiger partial charge in [0.05, 0.1) is 12.8 Å². The zero-order chi connectivity index (χ0) is 21.9. The molecule has 0 aromatic heterocycles. The number of aliphatic imine (C=N–C) groups is 1. The molecule has 0 fully saturated rings. The highest BCUT2D eigenvalue weighted by Crippen LogP contribution is 2.26. The third-order valence-electron chi connectivity index (χ3n) is 7.10. The quantitative estimate of drug-likeness (QED) is 0.121. The summed E-state index contributed by atoms with van der Waals surface area (Å²) >= 11 is 0. The predicted molar refractivity (Wildman–Crippen MR) is 133 cm³/mol. The third kappa shape index (κ3) is 11.1. The van der Waals surface area contributed by atoms with Gasteiger partial charge in [0, 0.05) is 13.3 Å². The molecule has 0 bridgehead atoms. The summed E-state index contributed by atoms with van der Waals surface area (Å²) < 4.78 is 0.744. The fourth-order valence-corrected chi connectivity index (χ4v) is 4.84. The first-order valence-corrected chi connectivity index (χ1v) is 13.4. The predicted octanol–water partition coefficient (Wildman–Crippen LogP) is 7.78. The molecule has 0 aromatic rings. The molecular weight excluding hydrogens is 368 g/mol. The number of unbranched alkanes of at least 4 members (excludes halogenated alkanes) is 14. The highest BCUT2D eigenvalue weighted by molar-refractivity contribution is 5.60. The molecule has 0 aliphatic carbocycles. The largest absolute Gasteiger partial charge is 0.345 e. The Morgan fingerprint density at radius 2 is 1.33 bits per heavy atom. The molecule has 1 N–H and O–H groups in total. The molecule has 3 nitrogen and oxygen atoms in total. The van der Waals surface area contributed by atoms with Gasteiger partial charge in [0.15, 0.2) is 12.4 Å². The molecule has 30 heavy (non-hydrogen) atoms. The highest BCUT2D eigenvalue weighted by Gasteiger charge is 2.41. The number of aliphatic hydroxyl groups excluding tert-OH is 1. The Hall–Kier alpha value is -0.670. The maximum Gasteiger partial charge on any atom is 0.189 e. The van der Waals surface area contributed by atoms with Crippen LogP contribution in [-0.4, -0.2) is 41.3 Å². The van der Waals surface area contributed by atoms with Crippen LogP contribution in [0, 0.1) is 0 Å². The second-order valence-electron chi connectivity index (χ2n) is 9.48. The Bertz CT molecular complexity index is 446. The van der Waals surface area contributed by atoms with E-state index in [0.717, 1.165) is 24.0 Å². The first kappa shape index (κ1) is 27.4. The minimum Gasteiger partial charge on any atom is -0.345 e. The number of hydrogen-bond donors (Lipinski definition) is 1. The summed E-state index contributed by atoms with van der Waals surface area (Å²) in [5.41, 5.74) is 0. The molecule has 0 amide bonds. The van der Waals surface area contributed by atoms with Crippen LogP contribution in [0.1, 0.15) is 130 Å². The molecule has 0 saturated heterocycles. The van der Waals surface area contributed by atoms with E-state index in [0.29, 0.717) is 0 Å². The zero-order valence-electron chi connectivity index (χ0n) is 20.7. The Kier molecular flexibility index (Phi) is 16.4. The van der Waals surface area contributed by atoms with Gasteiger partial charge in [0.1, 0.15) is 6.54 Å². The van der Waals surface area contributed by atoms with Gasteiger partial charge < -0.3 is 5.11 Å². The Labute approximate surface area is 188 Å². The van der Waals surface area contributed by atoms with Crippen molar-refractivity contribution in [3.63, 3.8) is 0 Å². The average Bonchev–Trinajstić information content (AvgIpc) is 3.17. The molecule has 1 aliphatic rings. The van der Waals surface area contributed by atoms with Crippen LogP contribution in [0.25, 0.3) is 0 Å². The molecule has 1 aliphatic heterocycles. The van der Waals surface area contributed by atoms with Crippen LogP contribution >= 0.6 is 0 Å². The third-order valence-corrected chi connectivity index (χ3v) is 7.10. The Balaban J connectivity index is 1.86. The molecule has 3 unspecified atom stereocenters. The molecule has 0 saturated carbocycles. The minimum absolute atomic E-state index is 0.283. The van der Waals surface area contributed by atoms with Gasteiger partial charge in [-0.05, 0) is 39.0 Å². The Morgan fingerprint density at radius 1 is 0.833 bits per heavy atom. The van der Waals surface area contributed by atoms with Crippen molar-refractivity contribution in [1.29, 1.82) is 0 Å². The van der Waals surface area contributed by atoms with E-state index in [1.807, 2.05) is 13.1 Å². The van der Waals surface area contributed by atoms with Crippen molar-refractivity contribution in [3.8, 4) is 0 Å². The van der Waals surface area contributed by atoms with Crippen LogP contribution in [0.2, 0.25) is 0 Å². The summed E-state index contributed by atoms with van der Waals surface area (Å²) in [5, 5.41) is 10.2. The number of nitrogens with zero attached hydrogens (tertiary/aromatic N) is 2. The summed E-state index contributed by atoms with van der Waals surface area (Å²) in [6, 6.07) is 0. The number of quaternary nitrogens is 1. The topological polar surface area (TPSA) is 32.6 Å². The lowest BCUT2D eigenvalue weighted by atomic mass is 10.0. The SMILES string of the molecule is CCCCCCC/C=C/CCCCCCCCCCCC1N=CC[N+]1(CC)C(C)O. The number of rotatable bonds is 20. The number of hydrogen-bond acceptors (Lipinski definition) is 2. The smallest absolute Gasteiger partial charge is 0.189 e. The van der Waals surface area contributed by atoms with Crippen LogP contribution < -0.4 is 0 Å². The van der Waals surface area contributed by atoms with Crippen molar-refractivity contribution < 1.29 is 9.59 Å². The molecular formula is C27H53N2O+. The molecule has 1 rings (SSSR count). The summed E-state index contributed by atoms with van der Waals surface area (Å²) in [4.78, 5) is 4.68. The maximum atomic E-state index is 10.2. The van der Waals surface area contributed by atoms with Gasteiger partial charge >= 0.3 is 0 Å². The van der Waals surface area contributed by atoms with Gasteiger partial charge in [0.2, 0.25) is 0 Å². The summed E-state index contributed by atoms with van der Waals surface area (Å²) in [6.45, 7) is 8.26. The molecule has 3 atom stereocenters. The van der Waals surface area contributed by atoms with Crippen molar-refractivity contribution >= 4 is 6.21 Å². The van der Waals surface area contributed by atoms with Crippen LogP contribution in [-0.2, 0) is 0 Å². The van der Waals surface area contributed by atoms with E-state index in [1.165, 1.54) is 103 Å². The summed E-state index contributed by atoms with van der Waals surface area (Å²) in [6.07, 6.45) is 29.8. The fourth-order valence-electron chi connectivity index (χ4n) is 4.84. The summed E-state index contributed by atoms with van der Waals surface area (Å²) in [7, 11) is 0.